The Morgan fingerprint density at radius 1 is 1.37 bits per heavy atom. The van der Waals surface area contributed by atoms with E-state index in [0.29, 0.717) is 6.10 Å². The molecule has 1 unspecified atom stereocenters. The Hall–Kier alpha value is -1.50. The summed E-state index contributed by atoms with van der Waals surface area (Å²) in [5.74, 6) is 7.58. The van der Waals surface area contributed by atoms with E-state index in [9.17, 15) is 0 Å². The zero-order valence-electron chi connectivity index (χ0n) is 11.4. The lowest BCUT2D eigenvalue weighted by molar-refractivity contribution is 0.254. The summed E-state index contributed by atoms with van der Waals surface area (Å²) in [7, 11) is 0. The lowest BCUT2D eigenvalue weighted by Gasteiger charge is -2.24. The zero-order chi connectivity index (χ0) is 13.1. The van der Waals surface area contributed by atoms with Crippen LogP contribution in [0.1, 0.15) is 18.1 Å². The number of nitrogens with zero attached hydrogens (tertiary/aromatic N) is 1. The standard InChI is InChI=1S/C16H20N2O/c1-13-11-15-12-14(4-5-16(15)19-13)3-2-8-18-9-6-17-7-10-18/h4-5,12-13,17H,6-11H2,1H3. The maximum atomic E-state index is 5.70. The molecule has 2 aliphatic heterocycles. The summed E-state index contributed by atoms with van der Waals surface area (Å²) in [6.45, 7) is 7.33. The maximum absolute atomic E-state index is 5.70. The summed E-state index contributed by atoms with van der Waals surface area (Å²) < 4.78 is 5.70. The number of piperazine rings is 1. The van der Waals surface area contributed by atoms with Gasteiger partial charge in [0, 0.05) is 38.2 Å². The number of hydrogen-bond donors (Lipinski definition) is 1. The number of nitrogens with one attached hydrogen (secondary N) is 1. The molecule has 2 aliphatic rings. The fourth-order valence-electron chi connectivity index (χ4n) is 2.62. The Labute approximate surface area is 114 Å². The van der Waals surface area contributed by atoms with Crippen LogP contribution in [0.4, 0.5) is 0 Å². The molecule has 3 nitrogen and oxygen atoms in total. The van der Waals surface area contributed by atoms with E-state index < -0.39 is 0 Å². The monoisotopic (exact) mass is 256 g/mol. The van der Waals surface area contributed by atoms with Crippen molar-refractivity contribution in [1.82, 2.24) is 10.2 Å². The average Bonchev–Trinajstić information content (AvgIpc) is 2.79. The molecule has 0 radical (unpaired) electrons. The molecule has 3 rings (SSSR count). The van der Waals surface area contributed by atoms with Crippen LogP contribution in [0.15, 0.2) is 18.2 Å². The van der Waals surface area contributed by atoms with Crippen molar-refractivity contribution in [2.75, 3.05) is 32.7 Å². The minimum atomic E-state index is 0.305. The molecule has 19 heavy (non-hydrogen) atoms. The number of benzene rings is 1. The summed E-state index contributed by atoms with van der Waals surface area (Å²) in [6.07, 6.45) is 1.31. The van der Waals surface area contributed by atoms with E-state index >= 15 is 0 Å². The Morgan fingerprint density at radius 2 is 2.21 bits per heavy atom. The average molecular weight is 256 g/mol. The topological polar surface area (TPSA) is 24.5 Å². The Morgan fingerprint density at radius 3 is 3.05 bits per heavy atom. The van der Waals surface area contributed by atoms with Crippen LogP contribution in [0.25, 0.3) is 0 Å². The second kappa shape index (κ2) is 5.64. The molecule has 100 valence electrons. The van der Waals surface area contributed by atoms with E-state index in [1.165, 1.54) is 5.56 Å². The van der Waals surface area contributed by atoms with E-state index in [1.54, 1.807) is 0 Å². The van der Waals surface area contributed by atoms with E-state index in [-0.39, 0.29) is 0 Å². The summed E-state index contributed by atoms with van der Waals surface area (Å²) in [5, 5.41) is 3.35. The first-order valence-electron chi connectivity index (χ1n) is 7.03. The summed E-state index contributed by atoms with van der Waals surface area (Å²) >= 11 is 0. The molecule has 3 heteroatoms. The highest BCUT2D eigenvalue weighted by Gasteiger charge is 2.18. The summed E-state index contributed by atoms with van der Waals surface area (Å²) in [5.41, 5.74) is 2.40. The van der Waals surface area contributed by atoms with Crippen molar-refractivity contribution in [3.05, 3.63) is 29.3 Å². The predicted molar refractivity (Wildman–Crippen MR) is 76.4 cm³/mol. The van der Waals surface area contributed by atoms with Gasteiger partial charge in [-0.2, -0.15) is 0 Å². The van der Waals surface area contributed by atoms with Crippen LogP contribution in [-0.2, 0) is 6.42 Å². The van der Waals surface area contributed by atoms with Crippen LogP contribution in [0.3, 0.4) is 0 Å². The third kappa shape index (κ3) is 3.09. The van der Waals surface area contributed by atoms with Crippen LogP contribution in [0.2, 0.25) is 0 Å². The molecule has 2 heterocycles. The molecule has 0 aliphatic carbocycles. The number of ether oxygens (including phenoxy) is 1. The van der Waals surface area contributed by atoms with Gasteiger partial charge in [-0.1, -0.05) is 11.8 Å². The van der Waals surface area contributed by atoms with Crippen LogP contribution in [0.5, 0.6) is 5.75 Å². The van der Waals surface area contributed by atoms with E-state index in [0.717, 1.165) is 50.5 Å². The lowest BCUT2D eigenvalue weighted by atomic mass is 10.1. The van der Waals surface area contributed by atoms with Crippen LogP contribution < -0.4 is 10.1 Å². The minimum Gasteiger partial charge on any atom is -0.490 e. The van der Waals surface area contributed by atoms with Crippen LogP contribution >= 0.6 is 0 Å². The molecule has 1 aromatic rings. The van der Waals surface area contributed by atoms with Gasteiger partial charge in [-0.25, -0.2) is 0 Å². The Bertz CT molecular complexity index is 509. The van der Waals surface area contributed by atoms with Gasteiger partial charge in [0.2, 0.25) is 0 Å². The maximum Gasteiger partial charge on any atom is 0.123 e. The van der Waals surface area contributed by atoms with Crippen molar-refractivity contribution in [1.29, 1.82) is 0 Å². The minimum absolute atomic E-state index is 0.305. The van der Waals surface area contributed by atoms with Gasteiger partial charge in [0.25, 0.3) is 0 Å². The fourth-order valence-corrected chi connectivity index (χ4v) is 2.62. The summed E-state index contributed by atoms with van der Waals surface area (Å²) in [4.78, 5) is 2.39. The van der Waals surface area contributed by atoms with Gasteiger partial charge in [0.15, 0.2) is 0 Å². The predicted octanol–water partition coefficient (Wildman–Crippen LogP) is 1.27. The highest BCUT2D eigenvalue weighted by molar-refractivity contribution is 5.46. The second-order valence-corrected chi connectivity index (χ2v) is 5.28. The van der Waals surface area contributed by atoms with E-state index in [1.807, 2.05) is 6.07 Å². The summed E-state index contributed by atoms with van der Waals surface area (Å²) in [6, 6.07) is 6.28. The number of hydrogen-bond acceptors (Lipinski definition) is 3. The van der Waals surface area contributed by atoms with Gasteiger partial charge < -0.3 is 10.1 Å². The quantitative estimate of drug-likeness (QED) is 0.766. The SMILES string of the molecule is CC1Cc2cc(C#CCN3CCNCC3)ccc2O1. The van der Waals surface area contributed by atoms with Gasteiger partial charge >= 0.3 is 0 Å². The smallest absolute Gasteiger partial charge is 0.123 e. The van der Waals surface area contributed by atoms with Crippen molar-refractivity contribution < 1.29 is 4.74 Å². The molecule has 0 aromatic heterocycles. The normalized spacial score (nSPS) is 22.3. The van der Waals surface area contributed by atoms with E-state index in [4.69, 9.17) is 4.74 Å². The van der Waals surface area contributed by atoms with Gasteiger partial charge in [-0.3, -0.25) is 4.90 Å². The molecule has 0 saturated carbocycles. The zero-order valence-corrected chi connectivity index (χ0v) is 11.4. The van der Waals surface area contributed by atoms with Crippen molar-refractivity contribution in [3.63, 3.8) is 0 Å². The van der Waals surface area contributed by atoms with Gasteiger partial charge in [-0.05, 0) is 30.7 Å². The van der Waals surface area contributed by atoms with Gasteiger partial charge in [0.05, 0.1) is 6.54 Å². The van der Waals surface area contributed by atoms with Crippen LogP contribution in [0, 0.1) is 11.8 Å². The third-order valence-electron chi connectivity index (χ3n) is 3.64. The highest BCUT2D eigenvalue weighted by atomic mass is 16.5. The molecule has 1 N–H and O–H groups in total. The molecular formula is C16H20N2O. The van der Waals surface area contributed by atoms with Crippen molar-refractivity contribution >= 4 is 0 Å². The third-order valence-corrected chi connectivity index (χ3v) is 3.64. The van der Waals surface area contributed by atoms with Gasteiger partial charge in [-0.15, -0.1) is 0 Å². The Kier molecular flexibility index (Phi) is 3.72. The molecule has 1 atom stereocenters. The fraction of sp³-hybridized carbons (Fsp3) is 0.500. The van der Waals surface area contributed by atoms with Crippen molar-refractivity contribution in [3.8, 4) is 17.6 Å². The highest BCUT2D eigenvalue weighted by Crippen LogP contribution is 2.28. The van der Waals surface area contributed by atoms with E-state index in [2.05, 4.69) is 41.1 Å². The molecule has 1 fully saturated rings. The molecule has 1 aromatic carbocycles. The molecular weight excluding hydrogens is 236 g/mol. The molecule has 0 spiro atoms. The number of rotatable bonds is 1. The van der Waals surface area contributed by atoms with Crippen molar-refractivity contribution in [2.45, 2.75) is 19.4 Å². The Balaban J connectivity index is 1.63. The molecule has 0 amide bonds. The lowest BCUT2D eigenvalue weighted by Crippen LogP contribution is -2.43. The molecule has 0 bridgehead atoms. The molecule has 1 saturated heterocycles. The van der Waals surface area contributed by atoms with Crippen molar-refractivity contribution in [2.24, 2.45) is 0 Å². The second-order valence-electron chi connectivity index (χ2n) is 5.28. The van der Waals surface area contributed by atoms with Gasteiger partial charge in [0.1, 0.15) is 11.9 Å². The van der Waals surface area contributed by atoms with Crippen LogP contribution in [-0.4, -0.2) is 43.7 Å². The first kappa shape index (κ1) is 12.5. The number of fused-ring (bicyclic) bond motifs is 1. The first-order valence-corrected chi connectivity index (χ1v) is 7.03. The largest absolute Gasteiger partial charge is 0.490 e. The first-order chi connectivity index (χ1) is 9.31.